The molecule has 1 aromatic rings. The molecule has 2 aliphatic rings. The minimum Gasteiger partial charge on any atom is -0.493 e. The molecule has 0 aromatic heterocycles. The zero-order valence-electron chi connectivity index (χ0n) is 22.5. The van der Waals surface area contributed by atoms with Crippen molar-refractivity contribution >= 4 is 40.2 Å². The van der Waals surface area contributed by atoms with Crippen LogP contribution in [0.15, 0.2) is 23.8 Å². The molecule has 3 rings (SSSR count). The monoisotopic (exact) mass is 658 g/mol. The van der Waals surface area contributed by atoms with Gasteiger partial charge in [-0.2, -0.15) is 0 Å². The van der Waals surface area contributed by atoms with Crippen LogP contribution in [0, 0.1) is 9.49 Å². The van der Waals surface area contributed by atoms with Crippen molar-refractivity contribution in [3.63, 3.8) is 0 Å². The molecular weight excluding hydrogens is 619 g/mol. The van der Waals surface area contributed by atoms with Crippen LogP contribution in [-0.2, 0) is 21.0 Å². The van der Waals surface area contributed by atoms with Crippen LogP contribution in [0.5, 0.6) is 11.5 Å². The third-order valence-electron chi connectivity index (χ3n) is 7.34. The fourth-order valence-electron chi connectivity index (χ4n) is 5.22. The fourth-order valence-corrected chi connectivity index (χ4v) is 6.02. The molecule has 0 bridgehead atoms. The van der Waals surface area contributed by atoms with Crippen molar-refractivity contribution in [2.75, 3.05) is 26.8 Å². The van der Waals surface area contributed by atoms with Gasteiger partial charge in [0.2, 0.25) is 11.7 Å². The number of nitrogens with one attached hydrogen (secondary N) is 1. The quantitative estimate of drug-likeness (QED) is 0.198. The summed E-state index contributed by atoms with van der Waals surface area (Å²) in [5, 5.41) is 33.0. The van der Waals surface area contributed by atoms with Crippen LogP contribution in [0.4, 0.5) is 0 Å². The van der Waals surface area contributed by atoms with E-state index in [0.717, 1.165) is 32.1 Å². The van der Waals surface area contributed by atoms with Gasteiger partial charge in [0, 0.05) is 31.5 Å². The number of hydrogen-bond donors (Lipinski definition) is 4. The molecule has 0 saturated heterocycles. The summed E-state index contributed by atoms with van der Waals surface area (Å²) in [5.41, 5.74) is 0.905. The van der Waals surface area contributed by atoms with E-state index in [1.807, 2.05) is 22.6 Å². The van der Waals surface area contributed by atoms with E-state index in [2.05, 4.69) is 5.32 Å². The molecule has 1 saturated carbocycles. The van der Waals surface area contributed by atoms with Gasteiger partial charge in [-0.15, -0.1) is 0 Å². The number of carbonyl (C=O) groups excluding carboxylic acids is 3. The van der Waals surface area contributed by atoms with E-state index in [1.54, 1.807) is 19.1 Å². The number of Topliss-reactive ketones (excluding diaryl/α,β-unsaturated/α-hetero) is 1. The van der Waals surface area contributed by atoms with Crippen molar-refractivity contribution in [1.29, 1.82) is 0 Å². The lowest BCUT2D eigenvalue weighted by molar-refractivity contribution is -0.150. The van der Waals surface area contributed by atoms with Crippen LogP contribution >= 0.6 is 22.6 Å². The number of ketones is 1. The van der Waals surface area contributed by atoms with Crippen molar-refractivity contribution in [3.05, 3.63) is 32.9 Å². The average molecular weight is 659 g/mol. The molecule has 39 heavy (non-hydrogen) atoms. The maximum atomic E-state index is 13.4. The largest absolute Gasteiger partial charge is 0.493 e. The molecule has 0 radical (unpaired) electrons. The van der Waals surface area contributed by atoms with E-state index in [1.165, 1.54) is 18.1 Å². The van der Waals surface area contributed by atoms with Gasteiger partial charge in [0.1, 0.15) is 12.2 Å². The lowest BCUT2D eigenvalue weighted by Crippen LogP contribution is -2.57. The van der Waals surface area contributed by atoms with Crippen molar-refractivity contribution < 1.29 is 39.2 Å². The number of hydrogen-bond acceptors (Lipinski definition) is 8. The van der Waals surface area contributed by atoms with Crippen LogP contribution in [0.1, 0.15) is 57.4 Å². The van der Waals surface area contributed by atoms with Crippen molar-refractivity contribution in [2.45, 2.75) is 76.7 Å². The topological polar surface area (TPSA) is 146 Å². The Bertz CT molecular complexity index is 1060. The number of nitrogens with zero attached hydrogens (tertiary/aromatic N) is 1. The van der Waals surface area contributed by atoms with Crippen LogP contribution in [-0.4, -0.2) is 82.9 Å². The summed E-state index contributed by atoms with van der Waals surface area (Å²) in [6.45, 7) is 1.55. The number of ether oxygens (including phenoxy) is 2. The normalized spacial score (nSPS) is 21.6. The molecule has 3 unspecified atom stereocenters. The first kappa shape index (κ1) is 31.3. The molecule has 0 heterocycles. The second-order valence-corrected chi connectivity index (χ2v) is 11.2. The zero-order valence-corrected chi connectivity index (χ0v) is 24.7. The van der Waals surface area contributed by atoms with Crippen LogP contribution in [0.25, 0.3) is 0 Å². The molecule has 1 fully saturated rings. The summed E-state index contributed by atoms with van der Waals surface area (Å²) < 4.78 is 12.3. The molecule has 216 valence electrons. The Morgan fingerprint density at radius 2 is 1.87 bits per heavy atom. The molecule has 2 amide bonds. The smallest absolute Gasteiger partial charge is 0.290 e. The first-order valence-corrected chi connectivity index (χ1v) is 14.6. The standard InChI is InChI=1S/C28H39IN2O8/c1-3-22(34)28(37)31(15-17-7-5-4-6-8-17)21-13-19(27(36)30-9-10-32)14-23(25(21)35)39-26-20(29)11-18(16-33)12-24(26)38-2/h11-12,14,17,21,23,25,32-33,35H,3-10,13,15-16H2,1-2H3,(H,30,36). The van der Waals surface area contributed by atoms with Gasteiger partial charge in [0.05, 0.1) is 29.9 Å². The predicted octanol–water partition coefficient (Wildman–Crippen LogP) is 2.10. The summed E-state index contributed by atoms with van der Waals surface area (Å²) in [7, 11) is 1.46. The SMILES string of the molecule is CCC(=O)C(=O)N(CC1CCCCC1)C1CC(C(=O)NCCO)=CC(Oc2c(I)cc(CO)cc2OC)C1O. The van der Waals surface area contributed by atoms with E-state index in [0.29, 0.717) is 27.2 Å². The van der Waals surface area contributed by atoms with E-state index in [4.69, 9.17) is 9.47 Å². The third kappa shape index (κ3) is 7.92. The van der Waals surface area contributed by atoms with Gasteiger partial charge in [0.25, 0.3) is 5.91 Å². The minimum atomic E-state index is -1.24. The zero-order chi connectivity index (χ0) is 28.5. The lowest BCUT2D eigenvalue weighted by atomic mass is 9.85. The van der Waals surface area contributed by atoms with Crippen molar-refractivity contribution in [1.82, 2.24) is 10.2 Å². The third-order valence-corrected chi connectivity index (χ3v) is 8.14. The number of aliphatic hydroxyl groups is 3. The van der Waals surface area contributed by atoms with Crippen molar-refractivity contribution in [3.8, 4) is 11.5 Å². The number of methoxy groups -OCH3 is 1. The maximum absolute atomic E-state index is 13.4. The minimum absolute atomic E-state index is 0.0332. The highest BCUT2D eigenvalue weighted by atomic mass is 127. The Morgan fingerprint density at radius 1 is 1.15 bits per heavy atom. The molecule has 2 aliphatic carbocycles. The Balaban J connectivity index is 2.01. The summed E-state index contributed by atoms with van der Waals surface area (Å²) in [5.74, 6) is -0.797. The van der Waals surface area contributed by atoms with Crippen LogP contribution in [0.3, 0.4) is 0 Å². The highest BCUT2D eigenvalue weighted by Crippen LogP contribution is 2.37. The second kappa shape index (κ2) is 15.0. The molecule has 1 aromatic carbocycles. The van der Waals surface area contributed by atoms with E-state index >= 15 is 0 Å². The Labute approximate surface area is 242 Å². The highest BCUT2D eigenvalue weighted by molar-refractivity contribution is 14.1. The van der Waals surface area contributed by atoms with Gasteiger partial charge >= 0.3 is 0 Å². The summed E-state index contributed by atoms with van der Waals surface area (Å²) in [6.07, 6.45) is 4.39. The molecular formula is C28H39IN2O8. The molecule has 3 atom stereocenters. The van der Waals surface area contributed by atoms with Gasteiger partial charge in [0.15, 0.2) is 11.5 Å². The number of carbonyl (C=O) groups is 3. The van der Waals surface area contributed by atoms with Gasteiger partial charge in [-0.3, -0.25) is 14.4 Å². The first-order valence-electron chi connectivity index (χ1n) is 13.5. The van der Waals surface area contributed by atoms with E-state index in [-0.39, 0.29) is 44.1 Å². The number of amides is 2. The van der Waals surface area contributed by atoms with E-state index < -0.39 is 35.8 Å². The number of benzene rings is 1. The van der Waals surface area contributed by atoms with E-state index in [9.17, 15) is 29.7 Å². The van der Waals surface area contributed by atoms with Crippen LogP contribution < -0.4 is 14.8 Å². The number of halogens is 1. The molecule has 0 aliphatic heterocycles. The van der Waals surface area contributed by atoms with Crippen LogP contribution in [0.2, 0.25) is 0 Å². The number of rotatable bonds is 12. The molecule has 10 nitrogen and oxygen atoms in total. The first-order chi connectivity index (χ1) is 18.7. The van der Waals surface area contributed by atoms with Crippen molar-refractivity contribution in [2.24, 2.45) is 5.92 Å². The Morgan fingerprint density at radius 3 is 2.49 bits per heavy atom. The summed E-state index contributed by atoms with van der Waals surface area (Å²) in [6, 6.07) is 2.48. The summed E-state index contributed by atoms with van der Waals surface area (Å²) >= 11 is 2.04. The summed E-state index contributed by atoms with van der Waals surface area (Å²) in [4.78, 5) is 40.4. The number of aliphatic hydroxyl groups excluding tert-OH is 3. The lowest BCUT2D eigenvalue weighted by Gasteiger charge is -2.42. The van der Waals surface area contributed by atoms with Gasteiger partial charge < -0.3 is 35.0 Å². The maximum Gasteiger partial charge on any atom is 0.290 e. The second-order valence-electron chi connectivity index (χ2n) is 10.0. The van der Waals surface area contributed by atoms with Gasteiger partial charge in [-0.1, -0.05) is 26.2 Å². The van der Waals surface area contributed by atoms with Gasteiger partial charge in [-0.25, -0.2) is 0 Å². The molecule has 11 heteroatoms. The fraction of sp³-hybridized carbons (Fsp3) is 0.607. The average Bonchev–Trinajstić information content (AvgIpc) is 2.96. The predicted molar refractivity (Wildman–Crippen MR) is 152 cm³/mol. The highest BCUT2D eigenvalue weighted by Gasteiger charge is 2.42. The Kier molecular flexibility index (Phi) is 12.0. The molecule has 4 N–H and O–H groups in total. The molecule has 0 spiro atoms. The Hall–Kier alpha value is -2.22. The van der Waals surface area contributed by atoms with Gasteiger partial charge in [-0.05, 0) is 65.1 Å².